The number of carbonyl (C=O) groups excluding carboxylic acids is 2. The second-order valence-corrected chi connectivity index (χ2v) is 10.1. The molecule has 0 bridgehead atoms. The van der Waals surface area contributed by atoms with Gasteiger partial charge in [-0.3, -0.25) is 4.79 Å². The van der Waals surface area contributed by atoms with Crippen LogP contribution < -0.4 is 15.5 Å². The predicted molar refractivity (Wildman–Crippen MR) is 128 cm³/mol. The average molecular weight is 469 g/mol. The Hall–Kier alpha value is -2.63. The van der Waals surface area contributed by atoms with E-state index in [9.17, 15) is 14.9 Å². The van der Waals surface area contributed by atoms with Crippen molar-refractivity contribution >= 4 is 11.9 Å². The Balaban J connectivity index is 1.40. The normalized spacial score (nSPS) is 26.4. The number of benzene rings is 1. The first kappa shape index (κ1) is 24.5. The molecule has 3 N–H and O–H groups in total. The van der Waals surface area contributed by atoms with Crippen LogP contribution in [0.5, 0.6) is 0 Å². The number of amides is 3. The Bertz CT molecular complexity index is 861. The number of rotatable bonds is 7. The lowest BCUT2D eigenvalue weighted by Gasteiger charge is -2.32. The van der Waals surface area contributed by atoms with E-state index in [1.807, 2.05) is 18.2 Å². The van der Waals surface area contributed by atoms with Crippen molar-refractivity contribution in [1.29, 1.82) is 5.26 Å². The number of hydrogen-bond acceptors (Lipinski definition) is 4. The molecule has 2 unspecified atom stereocenters. The smallest absolute Gasteiger partial charge is 0.318 e. The Kier molecular flexibility index (Phi) is 8.41. The fraction of sp³-hybridized carbons (Fsp3) is 0.654. The van der Waals surface area contributed by atoms with Gasteiger partial charge in [-0.2, -0.15) is 5.26 Å². The second kappa shape index (κ2) is 11.7. The van der Waals surface area contributed by atoms with Crippen LogP contribution >= 0.6 is 0 Å². The number of nitrogens with zero attached hydrogens (tertiary/aromatic N) is 2. The minimum atomic E-state index is -0.893. The van der Waals surface area contributed by atoms with Gasteiger partial charge in [-0.1, -0.05) is 62.4 Å². The predicted octanol–water partition coefficient (Wildman–Crippen LogP) is 1.23. The van der Waals surface area contributed by atoms with Crippen molar-refractivity contribution in [3.63, 3.8) is 0 Å². The fourth-order valence-corrected chi connectivity index (χ4v) is 5.58. The van der Waals surface area contributed by atoms with Crippen molar-refractivity contribution in [2.45, 2.75) is 63.1 Å². The van der Waals surface area contributed by atoms with Gasteiger partial charge in [0.1, 0.15) is 19.1 Å². The topological polar surface area (TPSA) is 98.9 Å². The maximum absolute atomic E-state index is 13.5. The van der Waals surface area contributed by atoms with Crippen molar-refractivity contribution in [1.82, 2.24) is 15.5 Å². The third-order valence-electron chi connectivity index (χ3n) is 7.54. The first-order valence-corrected chi connectivity index (χ1v) is 12.8. The summed E-state index contributed by atoms with van der Waals surface area (Å²) in [4.78, 5) is 29.4. The van der Waals surface area contributed by atoms with Crippen LogP contribution in [0.25, 0.3) is 0 Å². The zero-order valence-corrected chi connectivity index (χ0v) is 20.1. The van der Waals surface area contributed by atoms with Crippen LogP contribution in [0.3, 0.4) is 0 Å². The quantitative estimate of drug-likeness (QED) is 0.561. The molecular formula is C26H38N5O3+. The SMILES string of the molecule is N#CC1(NC(=O)[C@H](CC2CCCCC2)NC(=O)N2CCOCC2)CC[NH+](Cc2ccccc2)C1. The van der Waals surface area contributed by atoms with Crippen molar-refractivity contribution in [2.75, 3.05) is 39.4 Å². The summed E-state index contributed by atoms with van der Waals surface area (Å²) < 4.78 is 5.35. The summed E-state index contributed by atoms with van der Waals surface area (Å²) >= 11 is 0. The van der Waals surface area contributed by atoms with Gasteiger partial charge in [-0.05, 0) is 12.3 Å². The molecule has 8 nitrogen and oxygen atoms in total. The molecule has 4 rings (SSSR count). The van der Waals surface area contributed by atoms with Gasteiger partial charge in [0.05, 0.1) is 25.8 Å². The number of urea groups is 1. The van der Waals surface area contributed by atoms with Gasteiger partial charge in [0, 0.05) is 25.1 Å². The van der Waals surface area contributed by atoms with E-state index in [4.69, 9.17) is 4.74 Å². The molecule has 34 heavy (non-hydrogen) atoms. The first-order valence-electron chi connectivity index (χ1n) is 12.8. The van der Waals surface area contributed by atoms with Crippen molar-refractivity contribution in [3.05, 3.63) is 35.9 Å². The number of ether oxygens (including phenoxy) is 1. The molecule has 1 saturated carbocycles. The second-order valence-electron chi connectivity index (χ2n) is 10.1. The molecule has 2 aliphatic heterocycles. The number of nitriles is 1. The molecule has 1 aromatic rings. The van der Waals surface area contributed by atoms with E-state index in [1.54, 1.807) is 4.90 Å². The number of carbonyl (C=O) groups is 2. The molecule has 1 aromatic carbocycles. The lowest BCUT2D eigenvalue weighted by Crippen LogP contribution is -3.09. The monoisotopic (exact) mass is 468 g/mol. The van der Waals surface area contributed by atoms with E-state index in [-0.39, 0.29) is 11.9 Å². The third kappa shape index (κ3) is 6.49. The van der Waals surface area contributed by atoms with E-state index in [0.717, 1.165) is 25.9 Å². The van der Waals surface area contributed by atoms with Gasteiger partial charge in [-0.25, -0.2) is 4.79 Å². The van der Waals surface area contributed by atoms with Gasteiger partial charge < -0.3 is 25.2 Å². The highest BCUT2D eigenvalue weighted by Gasteiger charge is 2.44. The zero-order valence-electron chi connectivity index (χ0n) is 20.1. The summed E-state index contributed by atoms with van der Waals surface area (Å²) in [5.74, 6) is 0.200. The van der Waals surface area contributed by atoms with E-state index in [0.29, 0.717) is 51.6 Å². The Labute approximate surface area is 202 Å². The summed E-state index contributed by atoms with van der Waals surface area (Å²) in [5, 5.41) is 16.1. The highest BCUT2D eigenvalue weighted by molar-refractivity contribution is 5.87. The molecule has 0 aromatic heterocycles. The highest BCUT2D eigenvalue weighted by Crippen LogP contribution is 2.28. The van der Waals surface area contributed by atoms with Crippen LogP contribution in [0.2, 0.25) is 0 Å². The standard InChI is InChI=1S/C26H37N5O3/c27-19-26(11-12-30(20-26)18-22-9-5-2-6-10-22)29-24(32)23(17-21-7-3-1-4-8-21)28-25(33)31-13-15-34-16-14-31/h2,5-6,9-10,21,23H,1,3-4,7-8,11-18,20H2,(H,28,33)(H,29,32)/p+1/t23-,26?/m0/s1. The van der Waals surface area contributed by atoms with E-state index in [2.05, 4.69) is 28.8 Å². The highest BCUT2D eigenvalue weighted by atomic mass is 16.5. The molecule has 3 atom stereocenters. The number of nitrogens with one attached hydrogen (secondary N) is 3. The van der Waals surface area contributed by atoms with Crippen LogP contribution in [-0.2, 0) is 16.1 Å². The molecule has 0 spiro atoms. The molecule has 3 aliphatic rings. The number of morpholine rings is 1. The lowest BCUT2D eigenvalue weighted by molar-refractivity contribution is -0.902. The lowest BCUT2D eigenvalue weighted by atomic mass is 9.84. The summed E-state index contributed by atoms with van der Waals surface area (Å²) in [5.41, 5.74) is 0.334. The molecule has 8 heteroatoms. The van der Waals surface area contributed by atoms with Gasteiger partial charge in [0.25, 0.3) is 0 Å². The van der Waals surface area contributed by atoms with Gasteiger partial charge in [-0.15, -0.1) is 0 Å². The summed E-state index contributed by atoms with van der Waals surface area (Å²) in [6, 6.07) is 11.8. The van der Waals surface area contributed by atoms with Crippen molar-refractivity contribution in [2.24, 2.45) is 5.92 Å². The van der Waals surface area contributed by atoms with Crippen LogP contribution in [0.1, 0.15) is 50.5 Å². The molecular weight excluding hydrogens is 430 g/mol. The average Bonchev–Trinajstić information content (AvgIpc) is 3.28. The summed E-state index contributed by atoms with van der Waals surface area (Å²) in [7, 11) is 0. The molecule has 2 saturated heterocycles. The maximum atomic E-state index is 13.5. The Morgan fingerprint density at radius 3 is 2.62 bits per heavy atom. The summed E-state index contributed by atoms with van der Waals surface area (Å²) in [6.45, 7) is 4.33. The minimum absolute atomic E-state index is 0.215. The Morgan fingerprint density at radius 1 is 1.18 bits per heavy atom. The molecule has 3 amide bonds. The maximum Gasteiger partial charge on any atom is 0.318 e. The summed E-state index contributed by atoms with van der Waals surface area (Å²) in [6.07, 6.45) is 7.03. The zero-order chi connectivity index (χ0) is 23.8. The van der Waals surface area contributed by atoms with E-state index in [1.165, 1.54) is 29.7 Å². The fourth-order valence-electron chi connectivity index (χ4n) is 5.58. The number of likely N-dealkylation sites (tertiary alicyclic amines) is 1. The molecule has 2 heterocycles. The van der Waals surface area contributed by atoms with Gasteiger partial charge in [0.15, 0.2) is 5.54 Å². The van der Waals surface area contributed by atoms with Crippen molar-refractivity contribution < 1.29 is 19.2 Å². The van der Waals surface area contributed by atoms with E-state index < -0.39 is 11.6 Å². The van der Waals surface area contributed by atoms with E-state index >= 15 is 0 Å². The van der Waals surface area contributed by atoms with Crippen LogP contribution in [0.4, 0.5) is 4.79 Å². The largest absolute Gasteiger partial charge is 0.378 e. The molecule has 184 valence electrons. The molecule has 0 radical (unpaired) electrons. The first-order chi connectivity index (χ1) is 16.6. The van der Waals surface area contributed by atoms with Crippen molar-refractivity contribution in [3.8, 4) is 6.07 Å². The number of hydrogen-bond donors (Lipinski definition) is 3. The Morgan fingerprint density at radius 2 is 1.91 bits per heavy atom. The van der Waals surface area contributed by atoms with Gasteiger partial charge in [0.2, 0.25) is 5.91 Å². The minimum Gasteiger partial charge on any atom is -0.378 e. The number of quaternary nitrogens is 1. The van der Waals surface area contributed by atoms with Crippen LogP contribution in [0, 0.1) is 17.2 Å². The van der Waals surface area contributed by atoms with Crippen LogP contribution in [0.15, 0.2) is 30.3 Å². The van der Waals surface area contributed by atoms with Crippen LogP contribution in [-0.4, -0.2) is 67.8 Å². The molecule has 1 aliphatic carbocycles. The van der Waals surface area contributed by atoms with Gasteiger partial charge >= 0.3 is 6.03 Å². The third-order valence-corrected chi connectivity index (χ3v) is 7.54. The molecule has 3 fully saturated rings.